The third-order valence-corrected chi connectivity index (χ3v) is 5.53. The van der Waals surface area contributed by atoms with E-state index < -0.39 is 5.60 Å². The Kier molecular flexibility index (Phi) is 4.47. The molecule has 2 heterocycles. The Balaban J connectivity index is 1.52. The van der Waals surface area contributed by atoms with E-state index >= 15 is 0 Å². The maximum absolute atomic E-state index is 10.2. The molecular formula is C17H23ClN6O. The summed E-state index contributed by atoms with van der Waals surface area (Å²) in [5.74, 6) is 1.46. The number of aromatic nitrogens is 5. The third-order valence-electron chi connectivity index (χ3n) is 5.30. The van der Waals surface area contributed by atoms with Crippen molar-refractivity contribution in [1.82, 2.24) is 30.1 Å². The number of nitrogens with zero attached hydrogens (tertiary/aromatic N) is 6. The van der Waals surface area contributed by atoms with Gasteiger partial charge in [0.2, 0.25) is 0 Å². The lowest BCUT2D eigenvalue weighted by atomic mass is 9.83. The van der Waals surface area contributed by atoms with Crippen LogP contribution < -0.4 is 0 Å². The second-order valence-electron chi connectivity index (χ2n) is 7.47. The van der Waals surface area contributed by atoms with Crippen LogP contribution in [0.5, 0.6) is 0 Å². The van der Waals surface area contributed by atoms with Crippen LogP contribution in [0.4, 0.5) is 0 Å². The van der Waals surface area contributed by atoms with Crippen LogP contribution in [0.1, 0.15) is 51.3 Å². The highest BCUT2D eigenvalue weighted by molar-refractivity contribution is 6.30. The van der Waals surface area contributed by atoms with Crippen molar-refractivity contribution in [2.75, 3.05) is 0 Å². The number of hydrogen-bond donors (Lipinski definition) is 1. The van der Waals surface area contributed by atoms with Crippen LogP contribution >= 0.6 is 11.6 Å². The highest BCUT2D eigenvalue weighted by Gasteiger charge is 2.38. The predicted octanol–water partition coefficient (Wildman–Crippen LogP) is 2.37. The van der Waals surface area contributed by atoms with E-state index in [-0.39, 0.29) is 0 Å². The van der Waals surface area contributed by atoms with Crippen molar-refractivity contribution in [3.05, 3.63) is 29.2 Å². The molecule has 2 fully saturated rings. The summed E-state index contributed by atoms with van der Waals surface area (Å²) in [6, 6.07) is 4.70. The molecule has 8 heteroatoms. The molecule has 0 atom stereocenters. The van der Waals surface area contributed by atoms with Crippen LogP contribution in [-0.4, -0.2) is 52.9 Å². The number of pyridine rings is 1. The van der Waals surface area contributed by atoms with Gasteiger partial charge in [-0.05, 0) is 68.0 Å². The first kappa shape index (κ1) is 16.9. The Labute approximate surface area is 152 Å². The summed E-state index contributed by atoms with van der Waals surface area (Å²) in [6.07, 6.45) is 7.80. The van der Waals surface area contributed by atoms with Gasteiger partial charge in [-0.2, -0.15) is 4.68 Å². The fourth-order valence-electron chi connectivity index (χ4n) is 3.66. The standard InChI is InChI=1S/C17H23ClN6O/c1-17(25)8-6-14(7-9-17)23(13-3-4-13)11-16-20-21-22-24(16)15-5-2-12(18)10-19-15/h2,5,10,13-14,25H,3-4,6-9,11H2,1H3. The van der Waals surface area contributed by atoms with E-state index in [4.69, 9.17) is 11.6 Å². The molecule has 0 aromatic carbocycles. The first-order valence-corrected chi connectivity index (χ1v) is 9.27. The van der Waals surface area contributed by atoms with Crippen LogP contribution in [0.25, 0.3) is 5.82 Å². The smallest absolute Gasteiger partial charge is 0.172 e. The Morgan fingerprint density at radius 3 is 2.60 bits per heavy atom. The lowest BCUT2D eigenvalue weighted by Gasteiger charge is -2.39. The minimum atomic E-state index is -0.513. The quantitative estimate of drug-likeness (QED) is 0.879. The summed E-state index contributed by atoms with van der Waals surface area (Å²) >= 11 is 5.92. The van der Waals surface area contributed by atoms with Gasteiger partial charge in [-0.3, -0.25) is 4.90 Å². The summed E-state index contributed by atoms with van der Waals surface area (Å²) in [5.41, 5.74) is -0.513. The van der Waals surface area contributed by atoms with Crippen molar-refractivity contribution in [3.8, 4) is 5.82 Å². The zero-order valence-electron chi connectivity index (χ0n) is 14.3. The summed E-state index contributed by atoms with van der Waals surface area (Å²) in [7, 11) is 0. The van der Waals surface area contributed by atoms with Gasteiger partial charge in [-0.1, -0.05) is 11.6 Å². The van der Waals surface area contributed by atoms with Gasteiger partial charge in [0.1, 0.15) is 0 Å². The highest BCUT2D eigenvalue weighted by atomic mass is 35.5. The Morgan fingerprint density at radius 1 is 1.24 bits per heavy atom. The summed E-state index contributed by atoms with van der Waals surface area (Å²) in [4.78, 5) is 6.84. The first-order valence-electron chi connectivity index (χ1n) is 8.89. The average Bonchev–Trinajstić information content (AvgIpc) is 3.33. The lowest BCUT2D eigenvalue weighted by Crippen LogP contribution is -2.43. The van der Waals surface area contributed by atoms with Gasteiger partial charge >= 0.3 is 0 Å². The van der Waals surface area contributed by atoms with E-state index in [1.54, 1.807) is 16.9 Å². The minimum absolute atomic E-state index is 0.482. The van der Waals surface area contributed by atoms with E-state index in [1.807, 2.05) is 13.0 Å². The second kappa shape index (κ2) is 6.63. The zero-order chi connectivity index (χ0) is 17.4. The number of aliphatic hydroxyl groups is 1. The Hall–Kier alpha value is -1.57. The van der Waals surface area contributed by atoms with E-state index in [0.29, 0.717) is 29.5 Å². The highest BCUT2D eigenvalue weighted by Crippen LogP contribution is 2.37. The molecule has 0 amide bonds. The van der Waals surface area contributed by atoms with Crippen LogP contribution in [0.15, 0.2) is 18.3 Å². The molecule has 0 bridgehead atoms. The number of rotatable bonds is 5. The summed E-state index contributed by atoms with van der Waals surface area (Å²) in [6.45, 7) is 2.65. The SMILES string of the molecule is CC1(O)CCC(N(Cc2nnnn2-c2ccc(Cl)cn2)C2CC2)CC1. The lowest BCUT2D eigenvalue weighted by molar-refractivity contribution is -0.00901. The molecule has 4 rings (SSSR count). The fourth-order valence-corrected chi connectivity index (χ4v) is 3.77. The molecule has 2 aliphatic rings. The van der Waals surface area contributed by atoms with E-state index in [1.165, 1.54) is 12.8 Å². The second-order valence-corrected chi connectivity index (χ2v) is 7.91. The van der Waals surface area contributed by atoms with Gasteiger partial charge in [-0.15, -0.1) is 5.10 Å². The Bertz CT molecular complexity index is 717. The molecule has 2 aliphatic carbocycles. The molecule has 2 saturated carbocycles. The van der Waals surface area contributed by atoms with Crippen LogP contribution in [0, 0.1) is 0 Å². The van der Waals surface area contributed by atoms with Gasteiger partial charge in [0.05, 0.1) is 17.2 Å². The largest absolute Gasteiger partial charge is 0.390 e. The number of hydrogen-bond acceptors (Lipinski definition) is 6. The maximum Gasteiger partial charge on any atom is 0.172 e. The molecule has 0 spiro atoms. The minimum Gasteiger partial charge on any atom is -0.390 e. The molecule has 2 aromatic rings. The average molecular weight is 363 g/mol. The molecule has 1 N–H and O–H groups in total. The monoisotopic (exact) mass is 362 g/mol. The van der Waals surface area contributed by atoms with Gasteiger partial charge in [-0.25, -0.2) is 4.98 Å². The fraction of sp³-hybridized carbons (Fsp3) is 0.647. The van der Waals surface area contributed by atoms with Crippen molar-refractivity contribution >= 4 is 11.6 Å². The molecule has 25 heavy (non-hydrogen) atoms. The van der Waals surface area contributed by atoms with Crippen molar-refractivity contribution in [1.29, 1.82) is 0 Å². The van der Waals surface area contributed by atoms with Crippen molar-refractivity contribution in [3.63, 3.8) is 0 Å². The number of tetrazole rings is 1. The molecule has 0 saturated heterocycles. The number of halogens is 1. The summed E-state index contributed by atoms with van der Waals surface area (Å²) < 4.78 is 1.69. The van der Waals surface area contributed by atoms with Crippen LogP contribution in [0.3, 0.4) is 0 Å². The topological polar surface area (TPSA) is 80.0 Å². The molecule has 7 nitrogen and oxygen atoms in total. The third kappa shape index (κ3) is 3.83. The van der Waals surface area contributed by atoms with Crippen molar-refractivity contribution < 1.29 is 5.11 Å². The first-order chi connectivity index (χ1) is 12.0. The predicted molar refractivity (Wildman–Crippen MR) is 93.4 cm³/mol. The van der Waals surface area contributed by atoms with Crippen LogP contribution in [0.2, 0.25) is 5.02 Å². The van der Waals surface area contributed by atoms with Crippen molar-refractivity contribution in [2.24, 2.45) is 0 Å². The molecular weight excluding hydrogens is 340 g/mol. The zero-order valence-corrected chi connectivity index (χ0v) is 15.1. The van der Waals surface area contributed by atoms with Gasteiger partial charge in [0.25, 0.3) is 0 Å². The van der Waals surface area contributed by atoms with Gasteiger partial charge < -0.3 is 5.11 Å². The van der Waals surface area contributed by atoms with Gasteiger partial charge in [0.15, 0.2) is 11.6 Å². The summed E-state index contributed by atoms with van der Waals surface area (Å²) in [5, 5.41) is 23.0. The maximum atomic E-state index is 10.2. The molecule has 0 radical (unpaired) electrons. The van der Waals surface area contributed by atoms with E-state index in [9.17, 15) is 5.11 Å². The molecule has 0 aliphatic heterocycles. The van der Waals surface area contributed by atoms with E-state index in [0.717, 1.165) is 31.5 Å². The van der Waals surface area contributed by atoms with Crippen molar-refractivity contribution in [2.45, 2.75) is 69.7 Å². The molecule has 134 valence electrons. The molecule has 0 unspecified atom stereocenters. The normalized spacial score (nSPS) is 27.0. The molecule has 2 aromatic heterocycles. The van der Waals surface area contributed by atoms with E-state index in [2.05, 4.69) is 25.4 Å². The Morgan fingerprint density at radius 2 is 1.96 bits per heavy atom. The van der Waals surface area contributed by atoms with Gasteiger partial charge in [0, 0.05) is 18.3 Å². The van der Waals surface area contributed by atoms with Crippen LogP contribution in [-0.2, 0) is 6.54 Å².